The van der Waals surface area contributed by atoms with Gasteiger partial charge in [-0.2, -0.15) is 0 Å². The maximum absolute atomic E-state index is 10.9. The predicted molar refractivity (Wildman–Crippen MR) is 68.5 cm³/mol. The molecule has 0 unspecified atom stereocenters. The van der Waals surface area contributed by atoms with E-state index in [-0.39, 0.29) is 22.7 Å². The Morgan fingerprint density at radius 1 is 1.56 bits per heavy atom. The Kier molecular flexibility index (Phi) is 3.74. The molecule has 1 aromatic carbocycles. The van der Waals surface area contributed by atoms with Gasteiger partial charge in [0.25, 0.3) is 5.69 Å². The third-order valence-electron chi connectivity index (χ3n) is 3.11. The molecule has 0 bridgehead atoms. The van der Waals surface area contributed by atoms with E-state index >= 15 is 0 Å². The standard InChI is InChI=1S/C13H16N2O3/c1-3-11-7-18-8-12(14-11)10-5-4-9(2)13(6-10)15(16)17/h3-6,11-12,14H,1,7-8H2,2H3/t11-,12-/m1/s1. The van der Waals surface area contributed by atoms with Crippen molar-refractivity contribution >= 4 is 5.69 Å². The Morgan fingerprint density at radius 3 is 3.00 bits per heavy atom. The maximum Gasteiger partial charge on any atom is 0.272 e. The van der Waals surface area contributed by atoms with Gasteiger partial charge in [0.2, 0.25) is 0 Å². The first kappa shape index (κ1) is 12.7. The van der Waals surface area contributed by atoms with Crippen LogP contribution >= 0.6 is 0 Å². The van der Waals surface area contributed by atoms with E-state index in [0.29, 0.717) is 18.8 Å². The second-order valence-corrected chi connectivity index (χ2v) is 4.40. The van der Waals surface area contributed by atoms with Crippen molar-refractivity contribution in [2.45, 2.75) is 19.0 Å². The number of nitrogens with zero attached hydrogens (tertiary/aromatic N) is 1. The summed E-state index contributed by atoms with van der Waals surface area (Å²) in [5.74, 6) is 0. The molecule has 0 spiro atoms. The van der Waals surface area contributed by atoms with Crippen LogP contribution in [0.4, 0.5) is 5.69 Å². The second kappa shape index (κ2) is 5.29. The van der Waals surface area contributed by atoms with Gasteiger partial charge in [-0.25, -0.2) is 0 Å². The highest BCUT2D eigenvalue weighted by Gasteiger charge is 2.23. The Morgan fingerprint density at radius 2 is 2.33 bits per heavy atom. The van der Waals surface area contributed by atoms with Gasteiger partial charge in [-0.15, -0.1) is 6.58 Å². The minimum absolute atomic E-state index is 0.0268. The lowest BCUT2D eigenvalue weighted by molar-refractivity contribution is -0.385. The van der Waals surface area contributed by atoms with Gasteiger partial charge in [0.15, 0.2) is 0 Å². The lowest BCUT2D eigenvalue weighted by Gasteiger charge is -2.29. The highest BCUT2D eigenvalue weighted by atomic mass is 16.6. The molecule has 1 aromatic rings. The average molecular weight is 248 g/mol. The summed E-state index contributed by atoms with van der Waals surface area (Å²) in [6.45, 7) is 6.57. The molecule has 2 atom stereocenters. The molecule has 0 amide bonds. The van der Waals surface area contributed by atoms with E-state index in [1.807, 2.05) is 6.07 Å². The largest absolute Gasteiger partial charge is 0.378 e. The van der Waals surface area contributed by atoms with E-state index in [1.165, 1.54) is 0 Å². The van der Waals surface area contributed by atoms with Crippen LogP contribution in [0.1, 0.15) is 17.2 Å². The van der Waals surface area contributed by atoms with Crippen LogP contribution in [0.5, 0.6) is 0 Å². The van der Waals surface area contributed by atoms with Crippen molar-refractivity contribution < 1.29 is 9.66 Å². The lowest BCUT2D eigenvalue weighted by Crippen LogP contribution is -2.42. The van der Waals surface area contributed by atoms with Gasteiger partial charge in [0, 0.05) is 17.7 Å². The van der Waals surface area contributed by atoms with Crippen LogP contribution in [-0.4, -0.2) is 24.2 Å². The van der Waals surface area contributed by atoms with Crippen molar-refractivity contribution in [3.05, 3.63) is 52.1 Å². The smallest absolute Gasteiger partial charge is 0.272 e. The normalized spacial score (nSPS) is 23.6. The molecule has 0 saturated carbocycles. The minimum Gasteiger partial charge on any atom is -0.378 e. The fraction of sp³-hybridized carbons (Fsp3) is 0.385. The van der Waals surface area contributed by atoms with Crippen LogP contribution in [0, 0.1) is 17.0 Å². The summed E-state index contributed by atoms with van der Waals surface area (Å²) in [4.78, 5) is 10.6. The van der Waals surface area contributed by atoms with E-state index in [9.17, 15) is 10.1 Å². The molecule has 0 radical (unpaired) electrons. The molecule has 1 heterocycles. The highest BCUT2D eigenvalue weighted by Crippen LogP contribution is 2.25. The monoisotopic (exact) mass is 248 g/mol. The van der Waals surface area contributed by atoms with Crippen LogP contribution in [0.2, 0.25) is 0 Å². The number of benzene rings is 1. The van der Waals surface area contributed by atoms with Gasteiger partial charge in [-0.3, -0.25) is 15.4 Å². The van der Waals surface area contributed by atoms with Crippen LogP contribution < -0.4 is 5.32 Å². The minimum atomic E-state index is -0.354. The first-order valence-electron chi connectivity index (χ1n) is 5.83. The molecule has 1 aliphatic rings. The SMILES string of the molecule is C=C[C@@H]1COC[C@H](c2ccc(C)c([N+](=O)[O-])c2)N1. The molecule has 18 heavy (non-hydrogen) atoms. The van der Waals surface area contributed by atoms with Crippen LogP contribution in [0.15, 0.2) is 30.9 Å². The fourth-order valence-corrected chi connectivity index (χ4v) is 2.04. The summed E-state index contributed by atoms with van der Waals surface area (Å²) in [7, 11) is 0. The molecule has 0 aliphatic carbocycles. The first-order valence-corrected chi connectivity index (χ1v) is 5.83. The Labute approximate surface area is 106 Å². The summed E-state index contributed by atoms with van der Waals surface area (Å²) in [5, 5.41) is 14.3. The molecule has 1 aliphatic heterocycles. The van der Waals surface area contributed by atoms with Gasteiger partial charge in [-0.1, -0.05) is 18.2 Å². The van der Waals surface area contributed by atoms with Crippen molar-refractivity contribution in [3.8, 4) is 0 Å². The average Bonchev–Trinajstić information content (AvgIpc) is 2.39. The van der Waals surface area contributed by atoms with Crippen LogP contribution in [0.25, 0.3) is 0 Å². The van der Waals surface area contributed by atoms with Gasteiger partial charge in [0.05, 0.1) is 24.2 Å². The van der Waals surface area contributed by atoms with E-state index in [0.717, 1.165) is 5.56 Å². The molecule has 1 saturated heterocycles. The number of rotatable bonds is 3. The summed E-state index contributed by atoms with van der Waals surface area (Å²) >= 11 is 0. The van der Waals surface area contributed by atoms with Gasteiger partial charge in [0.1, 0.15) is 0 Å². The quantitative estimate of drug-likeness (QED) is 0.505. The number of morpholine rings is 1. The topological polar surface area (TPSA) is 64.4 Å². The molecule has 5 heteroatoms. The zero-order chi connectivity index (χ0) is 13.1. The molecule has 1 fully saturated rings. The lowest BCUT2D eigenvalue weighted by atomic mass is 10.0. The first-order chi connectivity index (χ1) is 8.61. The van der Waals surface area contributed by atoms with Crippen molar-refractivity contribution in [1.82, 2.24) is 5.32 Å². The summed E-state index contributed by atoms with van der Waals surface area (Å²) in [6.07, 6.45) is 1.79. The number of hydrogen-bond donors (Lipinski definition) is 1. The van der Waals surface area contributed by atoms with E-state index in [2.05, 4.69) is 11.9 Å². The number of nitro benzene ring substituents is 1. The summed E-state index contributed by atoms with van der Waals surface area (Å²) in [5.41, 5.74) is 1.69. The number of nitrogens with one attached hydrogen (secondary N) is 1. The predicted octanol–water partition coefficient (Wildman–Crippen LogP) is 2.12. The number of aryl methyl sites for hydroxylation is 1. The highest BCUT2D eigenvalue weighted by molar-refractivity contribution is 5.43. The molecule has 0 aromatic heterocycles. The van der Waals surface area contributed by atoms with Gasteiger partial charge >= 0.3 is 0 Å². The zero-order valence-corrected chi connectivity index (χ0v) is 10.3. The van der Waals surface area contributed by atoms with Crippen molar-refractivity contribution in [2.24, 2.45) is 0 Å². The third kappa shape index (κ3) is 2.57. The van der Waals surface area contributed by atoms with Crippen molar-refractivity contribution in [2.75, 3.05) is 13.2 Å². The van der Waals surface area contributed by atoms with Gasteiger partial charge in [-0.05, 0) is 12.5 Å². The van der Waals surface area contributed by atoms with Crippen LogP contribution in [0.3, 0.4) is 0 Å². The Bertz CT molecular complexity index is 473. The zero-order valence-electron chi connectivity index (χ0n) is 10.3. The molecule has 1 N–H and O–H groups in total. The van der Waals surface area contributed by atoms with Crippen molar-refractivity contribution in [3.63, 3.8) is 0 Å². The summed E-state index contributed by atoms with van der Waals surface area (Å²) in [6, 6.07) is 5.34. The molecule has 2 rings (SSSR count). The van der Waals surface area contributed by atoms with E-state index < -0.39 is 0 Å². The third-order valence-corrected chi connectivity index (χ3v) is 3.11. The molecule has 96 valence electrons. The maximum atomic E-state index is 10.9. The second-order valence-electron chi connectivity index (χ2n) is 4.40. The number of ether oxygens (including phenoxy) is 1. The fourth-order valence-electron chi connectivity index (χ4n) is 2.04. The van der Waals surface area contributed by atoms with Crippen LogP contribution in [-0.2, 0) is 4.74 Å². The molecular weight excluding hydrogens is 232 g/mol. The molecular formula is C13H16N2O3. The number of hydrogen-bond acceptors (Lipinski definition) is 4. The summed E-state index contributed by atoms with van der Waals surface area (Å²) < 4.78 is 5.47. The van der Waals surface area contributed by atoms with Crippen molar-refractivity contribution in [1.29, 1.82) is 0 Å². The Hall–Kier alpha value is -1.72. The molecule has 5 nitrogen and oxygen atoms in total. The number of nitro groups is 1. The van der Waals surface area contributed by atoms with E-state index in [1.54, 1.807) is 25.1 Å². The van der Waals surface area contributed by atoms with E-state index in [4.69, 9.17) is 4.74 Å². The van der Waals surface area contributed by atoms with Gasteiger partial charge < -0.3 is 4.74 Å². The Balaban J connectivity index is 2.25.